The summed E-state index contributed by atoms with van der Waals surface area (Å²) in [6.45, 7) is 5.25. The zero-order chi connectivity index (χ0) is 13.8. The number of rotatable bonds is 4. The molecule has 18 heavy (non-hydrogen) atoms. The van der Waals surface area contributed by atoms with Crippen molar-refractivity contribution in [2.45, 2.75) is 26.4 Å². The maximum Gasteiger partial charge on any atom is 0.358 e. The molecule has 1 heterocycles. The van der Waals surface area contributed by atoms with E-state index in [4.69, 9.17) is 9.84 Å². The molecule has 7 heteroatoms. The number of hydrogen-bond donors (Lipinski definition) is 2. The lowest BCUT2D eigenvalue weighted by Crippen LogP contribution is -2.28. The summed E-state index contributed by atoms with van der Waals surface area (Å²) in [6, 6.07) is 0. The van der Waals surface area contributed by atoms with Gasteiger partial charge < -0.3 is 15.2 Å². The highest BCUT2D eigenvalue weighted by Crippen LogP contribution is 2.09. The second kappa shape index (κ2) is 5.54. The second-order valence-corrected chi connectivity index (χ2v) is 4.51. The molecule has 0 aromatic carbocycles. The molecule has 0 saturated carbocycles. The third-order valence-electron chi connectivity index (χ3n) is 1.79. The Morgan fingerprint density at radius 1 is 1.33 bits per heavy atom. The first-order valence-corrected chi connectivity index (χ1v) is 5.28. The zero-order valence-corrected chi connectivity index (χ0v) is 10.4. The number of carboxylic acid groups (broad SMARTS) is 1. The summed E-state index contributed by atoms with van der Waals surface area (Å²) in [7, 11) is 0. The second-order valence-electron chi connectivity index (χ2n) is 4.51. The highest BCUT2D eigenvalue weighted by atomic mass is 16.5. The quantitative estimate of drug-likeness (QED) is 0.827. The van der Waals surface area contributed by atoms with Crippen LogP contribution in [0.1, 0.15) is 31.3 Å². The SMILES string of the molecule is CC(C)(C)OCC(=O)Nc1nccnc1C(=O)O. The monoisotopic (exact) mass is 253 g/mol. The molecule has 0 aliphatic carbocycles. The van der Waals surface area contributed by atoms with E-state index in [1.54, 1.807) is 0 Å². The molecule has 0 aliphatic heterocycles. The topological polar surface area (TPSA) is 101 Å². The van der Waals surface area contributed by atoms with Crippen LogP contribution in [-0.2, 0) is 9.53 Å². The fourth-order valence-corrected chi connectivity index (χ4v) is 1.04. The van der Waals surface area contributed by atoms with Crippen molar-refractivity contribution >= 4 is 17.7 Å². The van der Waals surface area contributed by atoms with E-state index in [0.29, 0.717) is 0 Å². The molecule has 7 nitrogen and oxygen atoms in total. The molecule has 1 aromatic heterocycles. The largest absolute Gasteiger partial charge is 0.476 e. The van der Waals surface area contributed by atoms with Gasteiger partial charge in [-0.2, -0.15) is 0 Å². The van der Waals surface area contributed by atoms with Gasteiger partial charge >= 0.3 is 5.97 Å². The number of nitrogens with zero attached hydrogens (tertiary/aromatic N) is 2. The van der Waals surface area contributed by atoms with Gasteiger partial charge in [0.05, 0.1) is 5.60 Å². The van der Waals surface area contributed by atoms with Crippen LogP contribution in [-0.4, -0.2) is 39.2 Å². The smallest absolute Gasteiger partial charge is 0.358 e. The minimum atomic E-state index is -1.25. The van der Waals surface area contributed by atoms with E-state index in [-0.39, 0.29) is 18.1 Å². The van der Waals surface area contributed by atoms with Gasteiger partial charge in [-0.25, -0.2) is 14.8 Å². The van der Waals surface area contributed by atoms with Crippen molar-refractivity contribution < 1.29 is 19.4 Å². The van der Waals surface area contributed by atoms with Crippen LogP contribution < -0.4 is 5.32 Å². The predicted octanol–water partition coefficient (Wildman–Crippen LogP) is 0.928. The Kier molecular flexibility index (Phi) is 4.33. The van der Waals surface area contributed by atoms with Gasteiger partial charge in [0.15, 0.2) is 11.5 Å². The summed E-state index contributed by atoms with van der Waals surface area (Å²) in [5.41, 5.74) is -0.753. The van der Waals surface area contributed by atoms with Crippen LogP contribution in [0.3, 0.4) is 0 Å². The van der Waals surface area contributed by atoms with Crippen molar-refractivity contribution in [1.29, 1.82) is 0 Å². The number of carbonyl (C=O) groups is 2. The van der Waals surface area contributed by atoms with Crippen molar-refractivity contribution in [3.05, 3.63) is 18.1 Å². The lowest BCUT2D eigenvalue weighted by molar-refractivity contribution is -0.125. The molecular formula is C11H15N3O4. The molecule has 2 N–H and O–H groups in total. The Hall–Kier alpha value is -2.02. The Morgan fingerprint density at radius 2 is 1.94 bits per heavy atom. The van der Waals surface area contributed by atoms with Gasteiger partial charge in [-0.15, -0.1) is 0 Å². The number of aromatic nitrogens is 2. The molecule has 1 aromatic rings. The number of nitrogens with one attached hydrogen (secondary N) is 1. The highest BCUT2D eigenvalue weighted by Gasteiger charge is 2.17. The number of aromatic carboxylic acids is 1. The van der Waals surface area contributed by atoms with Crippen LogP contribution >= 0.6 is 0 Å². The van der Waals surface area contributed by atoms with Crippen LogP contribution in [0.15, 0.2) is 12.4 Å². The van der Waals surface area contributed by atoms with Crippen LogP contribution in [0.25, 0.3) is 0 Å². The average Bonchev–Trinajstić information content (AvgIpc) is 2.26. The molecule has 0 fully saturated rings. The Balaban J connectivity index is 2.68. The minimum Gasteiger partial charge on any atom is -0.476 e. The fourth-order valence-electron chi connectivity index (χ4n) is 1.04. The molecule has 0 unspecified atom stereocenters. The molecule has 0 radical (unpaired) electrons. The third-order valence-corrected chi connectivity index (χ3v) is 1.79. The summed E-state index contributed by atoms with van der Waals surface area (Å²) in [5, 5.41) is 11.2. The van der Waals surface area contributed by atoms with E-state index >= 15 is 0 Å². The van der Waals surface area contributed by atoms with Crippen molar-refractivity contribution in [1.82, 2.24) is 9.97 Å². The Bertz CT molecular complexity index is 454. The number of amides is 1. The number of anilines is 1. The van der Waals surface area contributed by atoms with Gasteiger partial charge in [-0.3, -0.25) is 4.79 Å². The average molecular weight is 253 g/mol. The molecule has 0 saturated heterocycles. The molecule has 0 spiro atoms. The molecule has 1 rings (SSSR count). The lowest BCUT2D eigenvalue weighted by Gasteiger charge is -2.18. The van der Waals surface area contributed by atoms with E-state index < -0.39 is 17.5 Å². The number of carboxylic acids is 1. The Morgan fingerprint density at radius 3 is 2.50 bits per heavy atom. The van der Waals surface area contributed by atoms with Gasteiger partial charge in [0, 0.05) is 12.4 Å². The molecule has 1 amide bonds. The highest BCUT2D eigenvalue weighted by molar-refractivity contribution is 5.98. The van der Waals surface area contributed by atoms with Crippen LogP contribution in [0, 0.1) is 0 Å². The number of carbonyl (C=O) groups excluding carboxylic acids is 1. The van der Waals surface area contributed by atoms with Gasteiger partial charge in [0.25, 0.3) is 5.91 Å². The summed E-state index contributed by atoms with van der Waals surface area (Å²) in [4.78, 5) is 29.7. The molecule has 0 bridgehead atoms. The molecule has 0 atom stereocenters. The normalized spacial score (nSPS) is 11.1. The first-order valence-electron chi connectivity index (χ1n) is 5.28. The summed E-state index contributed by atoms with van der Waals surface area (Å²) in [6.07, 6.45) is 2.54. The number of ether oxygens (including phenoxy) is 1. The summed E-state index contributed by atoms with van der Waals surface area (Å²) >= 11 is 0. The standard InChI is InChI=1S/C11H15N3O4/c1-11(2,3)18-6-7(15)14-9-8(10(16)17)12-4-5-13-9/h4-5H,6H2,1-3H3,(H,16,17)(H,13,14,15). The Labute approximate surface area is 104 Å². The van der Waals surface area contributed by atoms with E-state index in [1.165, 1.54) is 12.4 Å². The van der Waals surface area contributed by atoms with Crippen LogP contribution in [0.5, 0.6) is 0 Å². The first kappa shape index (κ1) is 14.0. The van der Waals surface area contributed by atoms with Crippen molar-refractivity contribution in [3.8, 4) is 0 Å². The predicted molar refractivity (Wildman–Crippen MR) is 63.3 cm³/mol. The molecule has 0 aliphatic rings. The van der Waals surface area contributed by atoms with E-state index in [9.17, 15) is 9.59 Å². The fraction of sp³-hybridized carbons (Fsp3) is 0.455. The summed E-state index contributed by atoms with van der Waals surface area (Å²) in [5.74, 6) is -1.82. The zero-order valence-electron chi connectivity index (χ0n) is 10.4. The van der Waals surface area contributed by atoms with Crippen LogP contribution in [0.2, 0.25) is 0 Å². The van der Waals surface area contributed by atoms with Crippen LogP contribution in [0.4, 0.5) is 5.82 Å². The van der Waals surface area contributed by atoms with Gasteiger partial charge in [0.1, 0.15) is 6.61 Å². The number of hydrogen-bond acceptors (Lipinski definition) is 5. The maximum atomic E-state index is 11.5. The lowest BCUT2D eigenvalue weighted by atomic mass is 10.2. The van der Waals surface area contributed by atoms with E-state index in [2.05, 4.69) is 15.3 Å². The summed E-state index contributed by atoms with van der Waals surface area (Å²) < 4.78 is 5.26. The van der Waals surface area contributed by atoms with Gasteiger partial charge in [-0.1, -0.05) is 0 Å². The first-order chi connectivity index (χ1) is 8.29. The van der Waals surface area contributed by atoms with Crippen molar-refractivity contribution in [2.24, 2.45) is 0 Å². The van der Waals surface area contributed by atoms with Gasteiger partial charge in [0.2, 0.25) is 0 Å². The van der Waals surface area contributed by atoms with Crippen molar-refractivity contribution in [2.75, 3.05) is 11.9 Å². The van der Waals surface area contributed by atoms with Gasteiger partial charge in [-0.05, 0) is 20.8 Å². The molecular weight excluding hydrogens is 238 g/mol. The van der Waals surface area contributed by atoms with Crippen molar-refractivity contribution in [3.63, 3.8) is 0 Å². The van der Waals surface area contributed by atoms with E-state index in [0.717, 1.165) is 0 Å². The maximum absolute atomic E-state index is 11.5. The van der Waals surface area contributed by atoms with E-state index in [1.807, 2.05) is 20.8 Å². The molecule has 98 valence electrons. The minimum absolute atomic E-state index is 0.0903. The third kappa shape index (κ3) is 4.46.